The summed E-state index contributed by atoms with van der Waals surface area (Å²) in [7, 11) is 1.35. The summed E-state index contributed by atoms with van der Waals surface area (Å²) in [6.45, 7) is 1.94. The number of aryl methyl sites for hydroxylation is 1. The number of carbonyl (C=O) groups excluding carboxylic acids is 1. The number of aromatic nitrogens is 1. The van der Waals surface area contributed by atoms with Gasteiger partial charge < -0.3 is 10.5 Å². The topological polar surface area (TPSA) is 65.2 Å². The van der Waals surface area contributed by atoms with Gasteiger partial charge in [-0.3, -0.25) is 9.78 Å². The fraction of sp³-hybridized carbons (Fsp3) is 0.400. The van der Waals surface area contributed by atoms with Crippen LogP contribution >= 0.6 is 0 Å². The molecule has 2 N–H and O–H groups in total. The first-order valence-electron chi connectivity index (χ1n) is 4.38. The molecule has 0 spiro atoms. The lowest BCUT2D eigenvalue weighted by molar-refractivity contribution is -0.141. The predicted octanol–water partition coefficient (Wildman–Crippen LogP) is 0.953. The fourth-order valence-corrected chi connectivity index (χ4v) is 1.24. The zero-order valence-corrected chi connectivity index (χ0v) is 8.36. The van der Waals surface area contributed by atoms with Crippen LogP contribution in [0, 0.1) is 6.92 Å². The highest BCUT2D eigenvalue weighted by molar-refractivity contribution is 5.70. The second-order valence-electron chi connectivity index (χ2n) is 3.12. The minimum absolute atomic E-state index is 0.184. The largest absolute Gasteiger partial charge is 0.469 e. The van der Waals surface area contributed by atoms with Crippen molar-refractivity contribution >= 4 is 5.97 Å². The van der Waals surface area contributed by atoms with Crippen LogP contribution in [0.15, 0.2) is 18.5 Å². The van der Waals surface area contributed by atoms with Crippen molar-refractivity contribution in [3.8, 4) is 0 Å². The second-order valence-corrected chi connectivity index (χ2v) is 3.12. The summed E-state index contributed by atoms with van der Waals surface area (Å²) < 4.78 is 4.54. The van der Waals surface area contributed by atoms with Gasteiger partial charge in [0.1, 0.15) is 0 Å². The second kappa shape index (κ2) is 4.72. The predicted molar refractivity (Wildman–Crippen MR) is 52.5 cm³/mol. The Morgan fingerprint density at radius 3 is 3.00 bits per heavy atom. The Labute approximate surface area is 83.1 Å². The molecule has 14 heavy (non-hydrogen) atoms. The van der Waals surface area contributed by atoms with Crippen LogP contribution in [0.3, 0.4) is 0 Å². The molecule has 4 heteroatoms. The third-order valence-corrected chi connectivity index (χ3v) is 2.09. The van der Waals surface area contributed by atoms with E-state index in [0.29, 0.717) is 0 Å². The Balaban J connectivity index is 2.74. The highest BCUT2D eigenvalue weighted by Crippen LogP contribution is 2.16. The molecule has 1 rings (SSSR count). The van der Waals surface area contributed by atoms with E-state index in [-0.39, 0.29) is 18.4 Å². The molecule has 1 aromatic rings. The van der Waals surface area contributed by atoms with Crippen molar-refractivity contribution in [2.75, 3.05) is 7.11 Å². The van der Waals surface area contributed by atoms with Gasteiger partial charge in [0, 0.05) is 18.4 Å². The van der Waals surface area contributed by atoms with Gasteiger partial charge in [-0.25, -0.2) is 0 Å². The molecule has 0 bridgehead atoms. The van der Waals surface area contributed by atoms with Crippen molar-refractivity contribution in [3.63, 3.8) is 0 Å². The van der Waals surface area contributed by atoms with Gasteiger partial charge in [-0.05, 0) is 24.1 Å². The molecule has 76 valence electrons. The summed E-state index contributed by atoms with van der Waals surface area (Å²) in [6, 6.07) is 1.53. The molecular formula is C10H14N2O2. The lowest BCUT2D eigenvalue weighted by Gasteiger charge is -2.12. The van der Waals surface area contributed by atoms with Gasteiger partial charge >= 0.3 is 5.97 Å². The Morgan fingerprint density at radius 2 is 2.43 bits per heavy atom. The lowest BCUT2D eigenvalue weighted by atomic mass is 10.0. The van der Waals surface area contributed by atoms with Gasteiger partial charge in [0.25, 0.3) is 0 Å². The Hall–Kier alpha value is -1.42. The number of nitrogens with two attached hydrogens (primary N) is 1. The normalized spacial score (nSPS) is 12.2. The van der Waals surface area contributed by atoms with E-state index in [1.807, 2.05) is 13.0 Å². The van der Waals surface area contributed by atoms with Crippen molar-refractivity contribution in [3.05, 3.63) is 29.6 Å². The smallest absolute Gasteiger partial charge is 0.307 e. The number of hydrogen-bond acceptors (Lipinski definition) is 4. The van der Waals surface area contributed by atoms with Gasteiger partial charge in [0.15, 0.2) is 0 Å². The highest BCUT2D eigenvalue weighted by Gasteiger charge is 2.13. The van der Waals surface area contributed by atoms with E-state index in [1.54, 1.807) is 12.4 Å². The van der Waals surface area contributed by atoms with Crippen LogP contribution in [0.25, 0.3) is 0 Å². The molecule has 0 aliphatic heterocycles. The number of ether oxygens (including phenoxy) is 1. The van der Waals surface area contributed by atoms with Crippen LogP contribution in [0.1, 0.15) is 23.6 Å². The van der Waals surface area contributed by atoms with Crippen molar-refractivity contribution in [2.24, 2.45) is 5.73 Å². The van der Waals surface area contributed by atoms with Gasteiger partial charge in [-0.1, -0.05) is 0 Å². The maximum atomic E-state index is 11.0. The van der Waals surface area contributed by atoms with E-state index in [4.69, 9.17) is 5.73 Å². The number of esters is 1. The molecule has 0 aromatic carbocycles. The third-order valence-electron chi connectivity index (χ3n) is 2.09. The van der Waals surface area contributed by atoms with E-state index in [1.165, 1.54) is 7.11 Å². The van der Waals surface area contributed by atoms with Crippen LogP contribution in [-0.2, 0) is 9.53 Å². The zero-order valence-electron chi connectivity index (χ0n) is 8.36. The van der Waals surface area contributed by atoms with Crippen molar-refractivity contribution in [2.45, 2.75) is 19.4 Å². The monoisotopic (exact) mass is 194 g/mol. The molecule has 0 aliphatic rings. The van der Waals surface area contributed by atoms with Crippen molar-refractivity contribution < 1.29 is 9.53 Å². The number of rotatable bonds is 3. The van der Waals surface area contributed by atoms with Crippen LogP contribution < -0.4 is 5.73 Å². The van der Waals surface area contributed by atoms with Gasteiger partial charge in [0.05, 0.1) is 13.5 Å². The molecule has 1 unspecified atom stereocenters. The standard InChI is InChI=1S/C10H14N2O2/c1-7-3-4-12-6-8(7)9(11)5-10(13)14-2/h3-4,6,9H,5,11H2,1-2H3. The summed E-state index contributed by atoms with van der Waals surface area (Å²) in [4.78, 5) is 15.0. The summed E-state index contributed by atoms with van der Waals surface area (Å²) in [5, 5.41) is 0. The van der Waals surface area contributed by atoms with Gasteiger partial charge in [0.2, 0.25) is 0 Å². The van der Waals surface area contributed by atoms with Crippen molar-refractivity contribution in [1.29, 1.82) is 0 Å². The number of methoxy groups -OCH3 is 1. The highest BCUT2D eigenvalue weighted by atomic mass is 16.5. The Bertz CT molecular complexity index is 326. The average molecular weight is 194 g/mol. The van der Waals surface area contributed by atoms with Crippen molar-refractivity contribution in [1.82, 2.24) is 4.98 Å². The molecule has 0 fully saturated rings. The van der Waals surface area contributed by atoms with E-state index in [0.717, 1.165) is 11.1 Å². The fourth-order valence-electron chi connectivity index (χ4n) is 1.24. The van der Waals surface area contributed by atoms with E-state index in [9.17, 15) is 4.79 Å². The molecule has 0 saturated heterocycles. The molecule has 1 atom stereocenters. The van der Waals surface area contributed by atoms with E-state index in [2.05, 4.69) is 9.72 Å². The van der Waals surface area contributed by atoms with Crippen LogP contribution in [0.5, 0.6) is 0 Å². The summed E-state index contributed by atoms with van der Waals surface area (Å²) in [5.74, 6) is -0.305. The molecule has 0 amide bonds. The molecule has 1 heterocycles. The number of carbonyl (C=O) groups is 1. The molecular weight excluding hydrogens is 180 g/mol. The van der Waals surface area contributed by atoms with E-state index >= 15 is 0 Å². The number of pyridine rings is 1. The first-order valence-corrected chi connectivity index (χ1v) is 4.38. The first-order chi connectivity index (χ1) is 6.65. The van der Waals surface area contributed by atoms with Crippen LogP contribution in [-0.4, -0.2) is 18.1 Å². The summed E-state index contributed by atoms with van der Waals surface area (Å²) in [5.41, 5.74) is 7.76. The third kappa shape index (κ3) is 2.53. The maximum absolute atomic E-state index is 11.0. The van der Waals surface area contributed by atoms with Crippen LogP contribution in [0.4, 0.5) is 0 Å². The van der Waals surface area contributed by atoms with Gasteiger partial charge in [-0.15, -0.1) is 0 Å². The van der Waals surface area contributed by atoms with Crippen LogP contribution in [0.2, 0.25) is 0 Å². The molecule has 0 aliphatic carbocycles. The Kier molecular flexibility index (Phi) is 3.59. The lowest BCUT2D eigenvalue weighted by Crippen LogP contribution is -2.17. The Morgan fingerprint density at radius 1 is 1.71 bits per heavy atom. The summed E-state index contributed by atoms with van der Waals surface area (Å²) >= 11 is 0. The summed E-state index contributed by atoms with van der Waals surface area (Å²) in [6.07, 6.45) is 3.57. The van der Waals surface area contributed by atoms with Gasteiger partial charge in [-0.2, -0.15) is 0 Å². The number of hydrogen-bond donors (Lipinski definition) is 1. The minimum atomic E-state index is -0.337. The minimum Gasteiger partial charge on any atom is -0.469 e. The average Bonchev–Trinajstić information content (AvgIpc) is 2.18. The van der Waals surface area contributed by atoms with E-state index < -0.39 is 0 Å². The molecule has 0 radical (unpaired) electrons. The molecule has 1 aromatic heterocycles. The molecule has 4 nitrogen and oxygen atoms in total. The number of nitrogens with zero attached hydrogens (tertiary/aromatic N) is 1. The zero-order chi connectivity index (χ0) is 10.6. The maximum Gasteiger partial charge on any atom is 0.307 e. The quantitative estimate of drug-likeness (QED) is 0.727. The SMILES string of the molecule is COC(=O)CC(N)c1cnccc1C. The molecule has 0 saturated carbocycles. The first kappa shape index (κ1) is 10.7.